The molecule has 5 aliphatic carbocycles. The molecule has 3 saturated heterocycles. The number of rotatable bonds is 3. The van der Waals surface area contributed by atoms with Gasteiger partial charge in [-0.2, -0.15) is 0 Å². The van der Waals surface area contributed by atoms with Gasteiger partial charge in [-0.05, 0) is 37.5 Å². The molecular formula is C36H46O13. The second kappa shape index (κ2) is 9.32. The summed E-state index contributed by atoms with van der Waals surface area (Å²) in [4.78, 5) is 68.1. The van der Waals surface area contributed by atoms with Gasteiger partial charge in [0.2, 0.25) is 17.4 Å². The molecule has 268 valence electrons. The molecule has 8 fully saturated rings. The standard InChI is InChI=1S/C36H46O13/c1-12-20-19(24(40)27(41)35(43)11-18-25(47-18)30(32(20,35)8)46-17(6)39)22-26(44-15(4)37)23-21(31(22,7)28(12)45-16(5)38)13(2)29-36(49-29)33(23,9)34(10,42)14(3)48-36/h12-13,18-23,25-26,28-30,42-43H,3,11H2,1-2,4-10H3/t12-,13-,18-,19+,20-,21-,22+,23-,25-,26+,28-,29-,30-,31+,32-,33-,34+,35-,36-/m0/s1. The average Bonchev–Trinajstić information content (AvgIpc) is 3.89. The molecule has 0 aromatic rings. The van der Waals surface area contributed by atoms with Gasteiger partial charge >= 0.3 is 17.9 Å². The highest BCUT2D eigenvalue weighted by Gasteiger charge is 2.92. The number of carbonyl (C=O) groups excluding carboxylic acids is 5. The lowest BCUT2D eigenvalue weighted by Crippen LogP contribution is -2.77. The zero-order valence-corrected chi connectivity index (χ0v) is 29.3. The van der Waals surface area contributed by atoms with Gasteiger partial charge in [0, 0.05) is 55.8 Å². The van der Waals surface area contributed by atoms with Crippen LogP contribution in [-0.4, -0.2) is 93.3 Å². The van der Waals surface area contributed by atoms with Gasteiger partial charge in [0.25, 0.3) is 0 Å². The number of hydrogen-bond acceptors (Lipinski definition) is 13. The lowest BCUT2D eigenvalue weighted by molar-refractivity contribution is -0.260. The van der Waals surface area contributed by atoms with Crippen LogP contribution < -0.4 is 0 Å². The van der Waals surface area contributed by atoms with E-state index < -0.39 is 135 Å². The van der Waals surface area contributed by atoms with Gasteiger partial charge in [0.15, 0.2) is 0 Å². The third kappa shape index (κ3) is 3.40. The summed E-state index contributed by atoms with van der Waals surface area (Å²) in [7, 11) is 0. The van der Waals surface area contributed by atoms with E-state index in [1.165, 1.54) is 20.8 Å². The molecule has 3 aliphatic heterocycles. The highest BCUT2D eigenvalue weighted by atomic mass is 16.8. The summed E-state index contributed by atoms with van der Waals surface area (Å²) in [5.41, 5.74) is -7.92. The molecule has 5 saturated carbocycles. The number of hydrogen-bond donors (Lipinski definition) is 2. The van der Waals surface area contributed by atoms with Crippen LogP contribution in [0.3, 0.4) is 0 Å². The smallest absolute Gasteiger partial charge is 0.303 e. The molecule has 1 spiro atoms. The molecular weight excluding hydrogens is 640 g/mol. The first kappa shape index (κ1) is 33.3. The molecule has 0 bridgehead atoms. The van der Waals surface area contributed by atoms with Crippen molar-refractivity contribution >= 4 is 29.5 Å². The summed E-state index contributed by atoms with van der Waals surface area (Å²) in [6, 6.07) is 0. The number of carbonyl (C=O) groups is 5. The van der Waals surface area contributed by atoms with E-state index in [1.54, 1.807) is 13.8 Å². The van der Waals surface area contributed by atoms with Crippen molar-refractivity contribution in [2.45, 2.75) is 122 Å². The van der Waals surface area contributed by atoms with Crippen LogP contribution in [0, 0.1) is 57.7 Å². The summed E-state index contributed by atoms with van der Waals surface area (Å²) in [6.45, 7) is 18.6. The summed E-state index contributed by atoms with van der Waals surface area (Å²) in [6.07, 6.45) is -5.02. The third-order valence-corrected chi connectivity index (χ3v) is 15.2. The predicted molar refractivity (Wildman–Crippen MR) is 163 cm³/mol. The molecule has 8 rings (SSSR count). The topological polar surface area (TPSA) is 188 Å². The fourth-order valence-corrected chi connectivity index (χ4v) is 13.3. The minimum absolute atomic E-state index is 0.0987. The predicted octanol–water partition coefficient (Wildman–Crippen LogP) is 1.64. The fourth-order valence-electron chi connectivity index (χ4n) is 13.3. The van der Waals surface area contributed by atoms with E-state index in [9.17, 15) is 34.2 Å². The Morgan fingerprint density at radius 2 is 1.43 bits per heavy atom. The molecule has 13 nitrogen and oxygen atoms in total. The molecule has 3 heterocycles. The third-order valence-electron chi connectivity index (χ3n) is 15.2. The van der Waals surface area contributed by atoms with E-state index in [0.717, 1.165) is 0 Å². The Morgan fingerprint density at radius 1 is 0.837 bits per heavy atom. The maximum atomic E-state index is 14.8. The van der Waals surface area contributed by atoms with Crippen LogP contribution in [0.1, 0.15) is 68.7 Å². The van der Waals surface area contributed by atoms with Crippen molar-refractivity contribution in [3.05, 3.63) is 12.3 Å². The average molecular weight is 687 g/mol. The summed E-state index contributed by atoms with van der Waals surface area (Å²) < 4.78 is 37.0. The Kier molecular flexibility index (Phi) is 6.33. The van der Waals surface area contributed by atoms with Crippen LogP contribution in [0.15, 0.2) is 12.3 Å². The molecule has 19 atom stereocenters. The minimum Gasteiger partial charge on any atom is -0.462 e. The second-order valence-electron chi connectivity index (χ2n) is 17.0. The van der Waals surface area contributed by atoms with Crippen LogP contribution in [0.5, 0.6) is 0 Å². The number of epoxide rings is 2. The molecule has 13 heteroatoms. The quantitative estimate of drug-likeness (QED) is 0.189. The minimum atomic E-state index is -2.26. The first-order chi connectivity index (χ1) is 22.6. The lowest BCUT2D eigenvalue weighted by Gasteiger charge is -2.65. The number of aliphatic hydroxyl groups is 2. The van der Waals surface area contributed by atoms with Gasteiger partial charge in [-0.25, -0.2) is 0 Å². The molecule has 0 aromatic heterocycles. The van der Waals surface area contributed by atoms with E-state index in [0.29, 0.717) is 0 Å². The van der Waals surface area contributed by atoms with E-state index in [1.807, 2.05) is 27.7 Å². The van der Waals surface area contributed by atoms with Crippen molar-refractivity contribution in [1.82, 2.24) is 0 Å². The maximum absolute atomic E-state index is 14.8. The Labute approximate surface area is 284 Å². The van der Waals surface area contributed by atoms with E-state index in [-0.39, 0.29) is 18.1 Å². The van der Waals surface area contributed by atoms with E-state index in [2.05, 4.69) is 6.58 Å². The number of Topliss-reactive ketones (excluding diaryl/α,β-unsaturated/α-hetero) is 2. The lowest BCUT2D eigenvalue weighted by atomic mass is 9.38. The molecule has 0 aromatic carbocycles. The molecule has 49 heavy (non-hydrogen) atoms. The van der Waals surface area contributed by atoms with Crippen LogP contribution in [-0.2, 0) is 52.4 Å². The highest BCUT2D eigenvalue weighted by molar-refractivity contribution is 6.42. The van der Waals surface area contributed by atoms with E-state index in [4.69, 9.17) is 28.4 Å². The fraction of sp³-hybridized carbons (Fsp3) is 0.806. The van der Waals surface area contributed by atoms with Gasteiger partial charge < -0.3 is 38.6 Å². The Hall–Kier alpha value is -2.87. The van der Waals surface area contributed by atoms with E-state index >= 15 is 0 Å². The van der Waals surface area contributed by atoms with Crippen molar-refractivity contribution in [3.8, 4) is 0 Å². The van der Waals surface area contributed by atoms with Crippen LogP contribution in [0.2, 0.25) is 0 Å². The molecule has 0 radical (unpaired) electrons. The second-order valence-corrected chi connectivity index (χ2v) is 17.0. The number of ketones is 2. The normalized spacial score (nSPS) is 58.7. The monoisotopic (exact) mass is 686 g/mol. The van der Waals surface area contributed by atoms with Gasteiger partial charge in [0.1, 0.15) is 47.5 Å². The van der Waals surface area contributed by atoms with Gasteiger partial charge in [-0.1, -0.05) is 34.3 Å². The van der Waals surface area contributed by atoms with Crippen molar-refractivity contribution in [3.63, 3.8) is 0 Å². The van der Waals surface area contributed by atoms with Gasteiger partial charge in [-0.15, -0.1) is 0 Å². The van der Waals surface area contributed by atoms with Crippen LogP contribution in [0.4, 0.5) is 0 Å². The largest absolute Gasteiger partial charge is 0.462 e. The summed E-state index contributed by atoms with van der Waals surface area (Å²) in [5.74, 6) is -10.1. The zero-order valence-electron chi connectivity index (χ0n) is 29.3. The SMILES string of the molecule is C=C1O[C@]23O[C@H]2[C@@H](C)[C@H]2[C@@H]([C@H](OC(C)=O)[C@H]4[C@@H]5C(=O)C(=O)[C@@]6(O)C[C@@H]7O[C@@H]7[C@H](OC(C)=O)[C@]6(C)[C@H]5[C@H](C)[C@H](OC(C)=O)[C@@]42C)[C@@]3(C)[C@]1(C)O. The molecule has 0 unspecified atom stereocenters. The first-order valence-electron chi connectivity index (χ1n) is 17.4. The van der Waals surface area contributed by atoms with Crippen molar-refractivity contribution in [2.75, 3.05) is 0 Å². The van der Waals surface area contributed by atoms with Crippen LogP contribution >= 0.6 is 0 Å². The van der Waals surface area contributed by atoms with Crippen molar-refractivity contribution in [1.29, 1.82) is 0 Å². The van der Waals surface area contributed by atoms with Crippen LogP contribution in [0.25, 0.3) is 0 Å². The molecule has 8 aliphatic rings. The Bertz CT molecular complexity index is 1640. The van der Waals surface area contributed by atoms with Crippen molar-refractivity contribution < 1.29 is 62.6 Å². The molecule has 0 amide bonds. The Morgan fingerprint density at radius 3 is 2.02 bits per heavy atom. The number of fused-ring (bicyclic) bond motifs is 9. The zero-order chi connectivity index (χ0) is 35.9. The summed E-state index contributed by atoms with van der Waals surface area (Å²) >= 11 is 0. The highest BCUT2D eigenvalue weighted by Crippen LogP contribution is 2.82. The molecule has 2 N–H and O–H groups in total. The number of esters is 3. The van der Waals surface area contributed by atoms with Gasteiger partial charge in [0.05, 0.1) is 11.5 Å². The number of ether oxygens (including phenoxy) is 6. The van der Waals surface area contributed by atoms with Gasteiger partial charge in [-0.3, -0.25) is 24.0 Å². The first-order valence-corrected chi connectivity index (χ1v) is 17.4. The Balaban J connectivity index is 1.40. The maximum Gasteiger partial charge on any atom is 0.303 e. The summed E-state index contributed by atoms with van der Waals surface area (Å²) in [5, 5.41) is 24.7. The van der Waals surface area contributed by atoms with Crippen molar-refractivity contribution in [2.24, 2.45) is 57.7 Å².